The molecule has 22 heavy (non-hydrogen) atoms. The first-order chi connectivity index (χ1) is 10.8. The second-order valence-corrected chi connectivity index (χ2v) is 5.85. The maximum Gasteiger partial charge on any atom is 0.220 e. The fraction of sp³-hybridized carbons (Fsp3) is 0.588. The average Bonchev–Trinajstić information content (AvgIpc) is 2.55. The minimum atomic E-state index is 0.119. The van der Waals surface area contributed by atoms with Gasteiger partial charge in [-0.3, -0.25) is 14.6 Å². The lowest BCUT2D eigenvalue weighted by Gasteiger charge is -2.34. The Hall–Kier alpha value is -1.43. The van der Waals surface area contributed by atoms with Gasteiger partial charge in [0.15, 0.2) is 0 Å². The number of piperazine rings is 1. The monoisotopic (exact) mass is 304 g/mol. The molecule has 0 atom stereocenters. The molecule has 0 saturated carbocycles. The zero-order valence-corrected chi connectivity index (χ0v) is 13.3. The van der Waals surface area contributed by atoms with E-state index in [1.54, 1.807) is 0 Å². The molecule has 0 spiro atoms. The van der Waals surface area contributed by atoms with E-state index in [1.165, 1.54) is 5.56 Å². The van der Waals surface area contributed by atoms with Crippen LogP contribution in [-0.2, 0) is 11.3 Å². The zero-order chi connectivity index (χ0) is 15.6. The minimum Gasteiger partial charge on any atom is -0.355 e. The van der Waals surface area contributed by atoms with Crippen molar-refractivity contribution in [2.45, 2.75) is 19.4 Å². The summed E-state index contributed by atoms with van der Waals surface area (Å²) in [6, 6.07) is 10.6. The Balaban J connectivity index is 1.58. The smallest absolute Gasteiger partial charge is 0.220 e. The van der Waals surface area contributed by atoms with Crippen molar-refractivity contribution in [1.29, 1.82) is 0 Å². The van der Waals surface area contributed by atoms with Crippen LogP contribution in [0, 0.1) is 0 Å². The lowest BCUT2D eigenvalue weighted by atomic mass is 10.2. The van der Waals surface area contributed by atoms with E-state index in [0.717, 1.165) is 52.2 Å². The Morgan fingerprint density at radius 1 is 1.09 bits per heavy atom. The van der Waals surface area contributed by atoms with Crippen molar-refractivity contribution in [3.8, 4) is 0 Å². The molecule has 122 valence electrons. The van der Waals surface area contributed by atoms with E-state index in [0.29, 0.717) is 13.0 Å². The molecule has 1 aromatic carbocycles. The first-order valence-electron chi connectivity index (χ1n) is 8.23. The van der Waals surface area contributed by atoms with Crippen LogP contribution in [0.15, 0.2) is 30.3 Å². The molecule has 1 amide bonds. The Morgan fingerprint density at radius 2 is 1.77 bits per heavy atom. The highest BCUT2D eigenvalue weighted by Gasteiger charge is 2.16. The first-order valence-corrected chi connectivity index (χ1v) is 8.23. The highest BCUT2D eigenvalue weighted by atomic mass is 16.1. The maximum absolute atomic E-state index is 11.5. The number of nitrogens with zero attached hydrogens (tertiary/aromatic N) is 2. The summed E-state index contributed by atoms with van der Waals surface area (Å²) in [6.45, 7) is 7.62. The molecule has 0 radical (unpaired) electrons. The number of carbonyl (C=O) groups excluding carboxylic acids is 1. The summed E-state index contributed by atoms with van der Waals surface area (Å²) in [6.07, 6.45) is 1.31. The molecule has 1 heterocycles. The van der Waals surface area contributed by atoms with Crippen LogP contribution >= 0.6 is 0 Å². The van der Waals surface area contributed by atoms with Crippen LogP contribution in [0.5, 0.6) is 0 Å². The van der Waals surface area contributed by atoms with E-state index >= 15 is 0 Å². The molecule has 1 saturated heterocycles. The van der Waals surface area contributed by atoms with E-state index in [2.05, 4.69) is 45.4 Å². The van der Waals surface area contributed by atoms with Gasteiger partial charge in [-0.25, -0.2) is 0 Å². The molecule has 0 aliphatic carbocycles. The van der Waals surface area contributed by atoms with E-state index in [9.17, 15) is 4.79 Å². The van der Waals surface area contributed by atoms with Crippen molar-refractivity contribution in [1.82, 2.24) is 15.1 Å². The van der Waals surface area contributed by atoms with E-state index < -0.39 is 0 Å². The quantitative estimate of drug-likeness (QED) is 0.741. The van der Waals surface area contributed by atoms with Crippen molar-refractivity contribution in [3.63, 3.8) is 0 Å². The Morgan fingerprint density at radius 3 is 2.45 bits per heavy atom. The van der Waals surface area contributed by atoms with E-state index in [1.807, 2.05) is 0 Å². The number of hydrogen-bond acceptors (Lipinski definition) is 4. The summed E-state index contributed by atoms with van der Waals surface area (Å²) in [7, 11) is 0. The molecule has 2 rings (SSSR count). The zero-order valence-electron chi connectivity index (χ0n) is 13.3. The summed E-state index contributed by atoms with van der Waals surface area (Å²) in [5, 5.41) is 2.97. The van der Waals surface area contributed by atoms with Gasteiger partial charge in [0.1, 0.15) is 0 Å². The summed E-state index contributed by atoms with van der Waals surface area (Å²) in [4.78, 5) is 16.4. The Labute approximate surface area is 133 Å². The standard InChI is InChI=1S/C17H28N4O/c18-8-4-7-17(22)19-9-10-20-11-13-21(14-12-20)15-16-5-2-1-3-6-16/h1-3,5-6H,4,7-15,18H2,(H,19,22). The fourth-order valence-corrected chi connectivity index (χ4v) is 2.72. The first kappa shape index (κ1) is 16.9. The summed E-state index contributed by atoms with van der Waals surface area (Å²) < 4.78 is 0. The van der Waals surface area contributed by atoms with Crippen LogP contribution in [0.2, 0.25) is 0 Å². The van der Waals surface area contributed by atoms with Gasteiger partial charge in [-0.05, 0) is 18.5 Å². The number of hydrogen-bond donors (Lipinski definition) is 2. The Bertz CT molecular complexity index is 430. The Kier molecular flexibility index (Phi) is 7.36. The SMILES string of the molecule is NCCCC(=O)NCCN1CCN(Cc2ccccc2)CC1. The van der Waals surface area contributed by atoms with E-state index in [-0.39, 0.29) is 5.91 Å². The van der Waals surface area contributed by atoms with Crippen molar-refractivity contribution in [2.75, 3.05) is 45.8 Å². The van der Waals surface area contributed by atoms with E-state index in [4.69, 9.17) is 5.73 Å². The molecular weight excluding hydrogens is 276 g/mol. The number of carbonyl (C=O) groups is 1. The van der Waals surface area contributed by atoms with Gasteiger partial charge in [0, 0.05) is 52.2 Å². The highest BCUT2D eigenvalue weighted by Crippen LogP contribution is 2.07. The van der Waals surface area contributed by atoms with Crippen molar-refractivity contribution in [2.24, 2.45) is 5.73 Å². The molecular formula is C17H28N4O. The molecule has 0 bridgehead atoms. The minimum absolute atomic E-state index is 0.119. The molecule has 1 aliphatic rings. The number of rotatable bonds is 8. The number of nitrogens with two attached hydrogens (primary N) is 1. The van der Waals surface area contributed by atoms with Gasteiger partial charge >= 0.3 is 0 Å². The van der Waals surface area contributed by atoms with Crippen molar-refractivity contribution < 1.29 is 4.79 Å². The second kappa shape index (κ2) is 9.56. The molecule has 5 nitrogen and oxygen atoms in total. The molecule has 0 unspecified atom stereocenters. The van der Waals surface area contributed by atoms with Crippen LogP contribution < -0.4 is 11.1 Å². The molecule has 5 heteroatoms. The molecule has 1 aromatic rings. The molecule has 1 fully saturated rings. The molecule has 1 aliphatic heterocycles. The predicted molar refractivity (Wildman–Crippen MR) is 89.5 cm³/mol. The molecule has 0 aromatic heterocycles. The third-order valence-electron chi connectivity index (χ3n) is 4.07. The van der Waals surface area contributed by atoms with Crippen LogP contribution in [0.25, 0.3) is 0 Å². The number of nitrogens with one attached hydrogen (secondary N) is 1. The largest absolute Gasteiger partial charge is 0.355 e. The fourth-order valence-electron chi connectivity index (χ4n) is 2.72. The number of amides is 1. The predicted octanol–water partition coefficient (Wildman–Crippen LogP) is 0.659. The normalized spacial score (nSPS) is 16.6. The number of benzene rings is 1. The van der Waals surface area contributed by atoms with Crippen molar-refractivity contribution in [3.05, 3.63) is 35.9 Å². The average molecular weight is 304 g/mol. The van der Waals surface area contributed by atoms with Crippen LogP contribution in [0.1, 0.15) is 18.4 Å². The third kappa shape index (κ3) is 6.13. The van der Waals surface area contributed by atoms with Gasteiger partial charge in [-0.15, -0.1) is 0 Å². The summed E-state index contributed by atoms with van der Waals surface area (Å²) >= 11 is 0. The van der Waals surface area contributed by atoms with Gasteiger partial charge in [0.25, 0.3) is 0 Å². The van der Waals surface area contributed by atoms with Crippen LogP contribution in [0.3, 0.4) is 0 Å². The van der Waals surface area contributed by atoms with Gasteiger partial charge in [-0.1, -0.05) is 30.3 Å². The highest BCUT2D eigenvalue weighted by molar-refractivity contribution is 5.75. The van der Waals surface area contributed by atoms with Crippen molar-refractivity contribution >= 4 is 5.91 Å². The summed E-state index contributed by atoms with van der Waals surface area (Å²) in [5.74, 6) is 0.119. The van der Waals surface area contributed by atoms with Gasteiger partial charge in [0.05, 0.1) is 0 Å². The van der Waals surface area contributed by atoms with Gasteiger partial charge in [0.2, 0.25) is 5.91 Å². The topological polar surface area (TPSA) is 61.6 Å². The summed E-state index contributed by atoms with van der Waals surface area (Å²) in [5.41, 5.74) is 6.78. The lowest BCUT2D eigenvalue weighted by molar-refractivity contribution is -0.121. The maximum atomic E-state index is 11.5. The molecule has 3 N–H and O–H groups in total. The van der Waals surface area contributed by atoms with Crippen LogP contribution in [-0.4, -0.2) is 61.5 Å². The van der Waals surface area contributed by atoms with Gasteiger partial charge in [-0.2, -0.15) is 0 Å². The van der Waals surface area contributed by atoms with Crippen LogP contribution in [0.4, 0.5) is 0 Å². The lowest BCUT2D eigenvalue weighted by Crippen LogP contribution is -2.48. The van der Waals surface area contributed by atoms with Gasteiger partial charge < -0.3 is 11.1 Å². The third-order valence-corrected chi connectivity index (χ3v) is 4.07. The second-order valence-electron chi connectivity index (χ2n) is 5.85.